The summed E-state index contributed by atoms with van der Waals surface area (Å²) in [5, 5.41) is 9.74. The van der Waals surface area contributed by atoms with Crippen LogP contribution < -0.4 is 4.74 Å². The fourth-order valence-corrected chi connectivity index (χ4v) is 3.03. The van der Waals surface area contributed by atoms with E-state index in [1.807, 2.05) is 31.2 Å². The van der Waals surface area contributed by atoms with Crippen LogP contribution in [0.15, 0.2) is 24.3 Å². The van der Waals surface area contributed by atoms with Gasteiger partial charge in [-0.2, -0.15) is 0 Å². The zero-order valence-electron chi connectivity index (χ0n) is 13.5. The van der Waals surface area contributed by atoms with Gasteiger partial charge in [0.25, 0.3) is 0 Å². The molecule has 4 nitrogen and oxygen atoms in total. The normalized spacial score (nSPS) is 26.8. The Morgan fingerprint density at radius 2 is 1.90 bits per heavy atom. The summed E-state index contributed by atoms with van der Waals surface area (Å²) in [5.41, 5.74) is 0.271. The van der Waals surface area contributed by atoms with Gasteiger partial charge in [-0.15, -0.1) is 0 Å². The van der Waals surface area contributed by atoms with Gasteiger partial charge in [0.15, 0.2) is 0 Å². The molecule has 1 N–H and O–H groups in total. The number of benzene rings is 1. The van der Waals surface area contributed by atoms with E-state index in [-0.39, 0.29) is 11.5 Å². The van der Waals surface area contributed by atoms with Gasteiger partial charge in [0.05, 0.1) is 12.5 Å². The van der Waals surface area contributed by atoms with Gasteiger partial charge in [0.2, 0.25) is 0 Å². The zero-order chi connectivity index (χ0) is 15.8. The van der Waals surface area contributed by atoms with Crippen molar-refractivity contribution < 1.29 is 14.6 Å². The highest BCUT2D eigenvalue weighted by Crippen LogP contribution is 2.45. The predicted octanol–water partition coefficient (Wildman–Crippen LogP) is 2.98. The van der Waals surface area contributed by atoms with E-state index in [2.05, 4.69) is 25.7 Å². The minimum absolute atomic E-state index is 0.0138. The number of carboxylic acids is 1. The quantitative estimate of drug-likeness (QED) is 0.930. The molecule has 0 aromatic heterocycles. The first-order valence-corrected chi connectivity index (χ1v) is 7.31. The average molecular weight is 291 g/mol. The molecule has 1 saturated heterocycles. The van der Waals surface area contributed by atoms with Gasteiger partial charge in [-0.3, -0.25) is 9.69 Å². The summed E-state index contributed by atoms with van der Waals surface area (Å²) in [5.74, 6) is 0.0525. The van der Waals surface area contributed by atoms with Gasteiger partial charge in [-0.1, -0.05) is 12.1 Å². The van der Waals surface area contributed by atoms with Crippen LogP contribution in [0.3, 0.4) is 0 Å². The summed E-state index contributed by atoms with van der Waals surface area (Å²) in [6.45, 7) is 9.58. The summed E-state index contributed by atoms with van der Waals surface area (Å²) >= 11 is 0. The van der Waals surface area contributed by atoms with E-state index < -0.39 is 11.4 Å². The molecule has 1 aromatic carbocycles. The van der Waals surface area contributed by atoms with Crippen LogP contribution in [0, 0.1) is 5.41 Å². The fourth-order valence-electron chi connectivity index (χ4n) is 3.03. The molecule has 21 heavy (non-hydrogen) atoms. The van der Waals surface area contributed by atoms with Crippen LogP contribution >= 0.6 is 0 Å². The Labute approximate surface area is 126 Å². The van der Waals surface area contributed by atoms with E-state index >= 15 is 0 Å². The molecule has 1 fully saturated rings. The number of likely N-dealkylation sites (tertiary alicyclic amines) is 1. The summed E-state index contributed by atoms with van der Waals surface area (Å²) in [6.07, 6.45) is 0. The van der Waals surface area contributed by atoms with E-state index in [0.29, 0.717) is 6.54 Å². The lowest BCUT2D eigenvalue weighted by Gasteiger charge is -2.32. The second kappa shape index (κ2) is 5.34. The van der Waals surface area contributed by atoms with Crippen LogP contribution in [0.4, 0.5) is 0 Å². The highest BCUT2D eigenvalue weighted by Gasteiger charge is 2.51. The largest absolute Gasteiger partial charge is 0.497 e. The van der Waals surface area contributed by atoms with Crippen LogP contribution in [0.1, 0.15) is 39.2 Å². The maximum atomic E-state index is 11.9. The average Bonchev–Trinajstić information content (AvgIpc) is 2.78. The molecule has 0 radical (unpaired) electrons. The van der Waals surface area contributed by atoms with Gasteiger partial charge >= 0.3 is 5.97 Å². The van der Waals surface area contributed by atoms with Crippen molar-refractivity contribution in [2.45, 2.75) is 39.2 Å². The molecule has 0 amide bonds. The summed E-state index contributed by atoms with van der Waals surface area (Å²) in [6, 6.07) is 7.77. The molecule has 0 bridgehead atoms. The van der Waals surface area contributed by atoms with Crippen LogP contribution in [-0.4, -0.2) is 41.7 Å². The second-order valence-corrected chi connectivity index (χ2v) is 7.10. The molecule has 1 aliphatic rings. The van der Waals surface area contributed by atoms with E-state index in [9.17, 15) is 9.90 Å². The number of hydrogen-bond donors (Lipinski definition) is 1. The van der Waals surface area contributed by atoms with E-state index in [1.165, 1.54) is 0 Å². The van der Waals surface area contributed by atoms with Crippen LogP contribution in [0.5, 0.6) is 5.75 Å². The minimum Gasteiger partial charge on any atom is -0.497 e. The summed E-state index contributed by atoms with van der Waals surface area (Å²) < 4.78 is 5.18. The van der Waals surface area contributed by atoms with E-state index in [1.54, 1.807) is 7.11 Å². The van der Waals surface area contributed by atoms with Crippen LogP contribution in [0.2, 0.25) is 0 Å². The Kier molecular flexibility index (Phi) is 4.02. The molecule has 2 rings (SSSR count). The van der Waals surface area contributed by atoms with Crippen molar-refractivity contribution in [2.24, 2.45) is 5.41 Å². The van der Waals surface area contributed by atoms with E-state index in [0.717, 1.165) is 17.9 Å². The first-order chi connectivity index (χ1) is 9.68. The van der Waals surface area contributed by atoms with Crippen molar-refractivity contribution in [2.75, 3.05) is 20.2 Å². The third kappa shape index (κ3) is 2.91. The predicted molar refractivity (Wildman–Crippen MR) is 82.8 cm³/mol. The van der Waals surface area contributed by atoms with Crippen molar-refractivity contribution >= 4 is 5.97 Å². The Morgan fingerprint density at radius 1 is 1.33 bits per heavy atom. The maximum absolute atomic E-state index is 11.9. The molecule has 0 aliphatic carbocycles. The molecule has 0 spiro atoms. The third-order valence-corrected chi connectivity index (χ3v) is 4.65. The fraction of sp³-hybridized carbons (Fsp3) is 0.588. The first kappa shape index (κ1) is 15.8. The molecule has 0 unspecified atom stereocenters. The molecule has 2 atom stereocenters. The highest BCUT2D eigenvalue weighted by molar-refractivity contribution is 5.76. The zero-order valence-corrected chi connectivity index (χ0v) is 13.5. The Hall–Kier alpha value is -1.55. The highest BCUT2D eigenvalue weighted by atomic mass is 16.5. The van der Waals surface area contributed by atoms with Gasteiger partial charge in [-0.25, -0.2) is 0 Å². The molecular weight excluding hydrogens is 266 g/mol. The Bertz CT molecular complexity index is 518. The lowest BCUT2D eigenvalue weighted by Crippen LogP contribution is -2.42. The summed E-state index contributed by atoms with van der Waals surface area (Å²) in [4.78, 5) is 14.1. The topological polar surface area (TPSA) is 49.8 Å². The minimum atomic E-state index is -0.762. The van der Waals surface area contributed by atoms with Crippen molar-refractivity contribution in [3.63, 3.8) is 0 Å². The first-order valence-electron chi connectivity index (χ1n) is 7.31. The monoisotopic (exact) mass is 291 g/mol. The molecule has 0 saturated carbocycles. The molecular formula is C17H25NO3. The number of aliphatic carboxylic acids is 1. The van der Waals surface area contributed by atoms with Crippen molar-refractivity contribution in [1.82, 2.24) is 4.90 Å². The summed E-state index contributed by atoms with van der Waals surface area (Å²) in [7, 11) is 1.63. The van der Waals surface area contributed by atoms with Gasteiger partial charge < -0.3 is 9.84 Å². The molecule has 116 valence electrons. The van der Waals surface area contributed by atoms with Gasteiger partial charge in [0.1, 0.15) is 5.75 Å². The maximum Gasteiger partial charge on any atom is 0.311 e. The smallest absolute Gasteiger partial charge is 0.311 e. The van der Waals surface area contributed by atoms with Gasteiger partial charge in [0, 0.05) is 24.5 Å². The number of ether oxygens (including phenoxy) is 1. The molecule has 1 aromatic rings. The Balaban J connectivity index is 2.36. The number of carbonyl (C=O) groups is 1. The SMILES string of the molecule is COc1ccc([C@@H]2CN(C(C)(C)C)C[C@@]2(C)C(=O)O)cc1. The molecule has 1 heterocycles. The van der Waals surface area contributed by atoms with Gasteiger partial charge in [-0.05, 0) is 45.4 Å². The van der Waals surface area contributed by atoms with Crippen molar-refractivity contribution in [1.29, 1.82) is 0 Å². The Morgan fingerprint density at radius 3 is 2.33 bits per heavy atom. The van der Waals surface area contributed by atoms with Crippen LogP contribution in [-0.2, 0) is 4.79 Å². The standard InChI is InChI=1S/C17H25NO3/c1-16(2,3)18-10-14(17(4,11-18)15(19)20)12-6-8-13(21-5)9-7-12/h6-9,14H,10-11H2,1-5H3,(H,19,20)/t14-,17+/m0/s1. The number of nitrogens with zero attached hydrogens (tertiary/aromatic N) is 1. The van der Waals surface area contributed by atoms with Crippen molar-refractivity contribution in [3.8, 4) is 5.75 Å². The molecule has 1 aliphatic heterocycles. The van der Waals surface area contributed by atoms with Crippen molar-refractivity contribution in [3.05, 3.63) is 29.8 Å². The number of carboxylic acid groups (broad SMARTS) is 1. The lowest BCUT2D eigenvalue weighted by molar-refractivity contribution is -0.148. The number of hydrogen-bond acceptors (Lipinski definition) is 3. The third-order valence-electron chi connectivity index (χ3n) is 4.65. The van der Waals surface area contributed by atoms with Crippen LogP contribution in [0.25, 0.3) is 0 Å². The van der Waals surface area contributed by atoms with E-state index in [4.69, 9.17) is 4.74 Å². The number of rotatable bonds is 3. The lowest BCUT2D eigenvalue weighted by atomic mass is 9.76. The second-order valence-electron chi connectivity index (χ2n) is 7.10. The number of methoxy groups -OCH3 is 1. The molecule has 4 heteroatoms.